The van der Waals surface area contributed by atoms with Gasteiger partial charge < -0.3 is 5.11 Å². The lowest BCUT2D eigenvalue weighted by Crippen LogP contribution is -1.98. The standard InChI is InChI=1S/C10H7O4S/c11-9-5-6-10(15(12,13)14)8-4-2-1-3-7(8)9/h1-2,4-6,11H,(H,12,13,14). The minimum absolute atomic E-state index is 0.0713. The van der Waals surface area contributed by atoms with Crippen LogP contribution in [0.15, 0.2) is 35.2 Å². The van der Waals surface area contributed by atoms with Gasteiger partial charge in [-0.25, -0.2) is 0 Å². The molecule has 0 aliphatic heterocycles. The number of hydrogen-bond acceptors (Lipinski definition) is 3. The number of fused-ring (bicyclic) bond motifs is 1. The van der Waals surface area contributed by atoms with Gasteiger partial charge in [0.1, 0.15) is 10.6 Å². The van der Waals surface area contributed by atoms with E-state index in [-0.39, 0.29) is 21.4 Å². The van der Waals surface area contributed by atoms with Gasteiger partial charge in [0.15, 0.2) is 0 Å². The predicted octanol–water partition coefficient (Wildman–Crippen LogP) is 1.59. The van der Waals surface area contributed by atoms with Crippen LogP contribution in [-0.2, 0) is 10.1 Å². The number of phenols is 1. The first-order chi connectivity index (χ1) is 7.00. The quantitative estimate of drug-likeness (QED) is 0.720. The fourth-order valence-corrected chi connectivity index (χ4v) is 2.09. The minimum Gasteiger partial charge on any atom is -0.507 e. The zero-order chi connectivity index (χ0) is 11.1. The molecule has 0 atom stereocenters. The summed E-state index contributed by atoms with van der Waals surface area (Å²) in [5, 5.41) is 9.97. The van der Waals surface area contributed by atoms with Crippen LogP contribution in [0.25, 0.3) is 10.8 Å². The highest BCUT2D eigenvalue weighted by Crippen LogP contribution is 2.29. The molecule has 5 heteroatoms. The maximum Gasteiger partial charge on any atom is 0.295 e. The van der Waals surface area contributed by atoms with Crippen molar-refractivity contribution in [1.82, 2.24) is 0 Å². The van der Waals surface area contributed by atoms with E-state index in [4.69, 9.17) is 4.55 Å². The lowest BCUT2D eigenvalue weighted by molar-refractivity contribution is 0.479. The molecular formula is C10H7O4S. The molecule has 0 unspecified atom stereocenters. The molecule has 0 amide bonds. The van der Waals surface area contributed by atoms with E-state index in [2.05, 4.69) is 6.07 Å². The monoisotopic (exact) mass is 223 g/mol. The maximum absolute atomic E-state index is 11.0. The number of rotatable bonds is 1. The second kappa shape index (κ2) is 3.22. The highest BCUT2D eigenvalue weighted by Gasteiger charge is 2.14. The van der Waals surface area contributed by atoms with Crippen molar-refractivity contribution in [3.63, 3.8) is 0 Å². The van der Waals surface area contributed by atoms with Crippen LogP contribution in [0.3, 0.4) is 0 Å². The molecule has 0 saturated carbocycles. The van der Waals surface area contributed by atoms with Gasteiger partial charge in [-0.05, 0) is 18.2 Å². The van der Waals surface area contributed by atoms with Gasteiger partial charge in [-0.3, -0.25) is 4.55 Å². The third kappa shape index (κ3) is 1.67. The molecule has 0 aliphatic carbocycles. The zero-order valence-electron chi connectivity index (χ0n) is 7.51. The van der Waals surface area contributed by atoms with E-state index in [9.17, 15) is 13.5 Å². The second-order valence-electron chi connectivity index (χ2n) is 3.02. The van der Waals surface area contributed by atoms with E-state index in [0.29, 0.717) is 0 Å². The zero-order valence-corrected chi connectivity index (χ0v) is 8.32. The first kappa shape index (κ1) is 9.95. The molecular weight excluding hydrogens is 216 g/mol. The Morgan fingerprint density at radius 1 is 1.20 bits per heavy atom. The highest BCUT2D eigenvalue weighted by molar-refractivity contribution is 7.86. The number of hydrogen-bond donors (Lipinski definition) is 2. The summed E-state index contributed by atoms with van der Waals surface area (Å²) in [6, 6.07) is 9.70. The van der Waals surface area contributed by atoms with Gasteiger partial charge in [-0.2, -0.15) is 8.42 Å². The topological polar surface area (TPSA) is 74.6 Å². The van der Waals surface area contributed by atoms with Crippen molar-refractivity contribution in [2.45, 2.75) is 4.90 Å². The van der Waals surface area contributed by atoms with Crippen LogP contribution >= 0.6 is 0 Å². The largest absolute Gasteiger partial charge is 0.507 e. The van der Waals surface area contributed by atoms with Crippen LogP contribution in [0.1, 0.15) is 0 Å². The van der Waals surface area contributed by atoms with Gasteiger partial charge >= 0.3 is 0 Å². The summed E-state index contributed by atoms with van der Waals surface area (Å²) in [6.07, 6.45) is 0. The van der Waals surface area contributed by atoms with Crippen LogP contribution < -0.4 is 0 Å². The van der Waals surface area contributed by atoms with E-state index < -0.39 is 10.1 Å². The Morgan fingerprint density at radius 2 is 1.93 bits per heavy atom. The number of aromatic hydroxyl groups is 1. The van der Waals surface area contributed by atoms with Crippen molar-refractivity contribution in [2.24, 2.45) is 0 Å². The molecule has 0 fully saturated rings. The smallest absolute Gasteiger partial charge is 0.295 e. The molecule has 0 aromatic heterocycles. The molecule has 0 aliphatic rings. The normalized spacial score (nSPS) is 11.8. The van der Waals surface area contributed by atoms with Gasteiger partial charge in [0, 0.05) is 10.8 Å². The summed E-state index contributed by atoms with van der Waals surface area (Å²) in [5.74, 6) is -0.0713. The SMILES string of the molecule is O=S(=O)(O)c1ccc(O)c2[c]cccc12. The van der Waals surface area contributed by atoms with Crippen LogP contribution in [0, 0.1) is 6.07 Å². The molecule has 77 valence electrons. The summed E-state index contributed by atoms with van der Waals surface area (Å²) < 4.78 is 31.0. The Balaban J connectivity index is 2.96. The summed E-state index contributed by atoms with van der Waals surface area (Å²) in [6.45, 7) is 0. The van der Waals surface area contributed by atoms with E-state index in [1.165, 1.54) is 12.1 Å². The van der Waals surface area contributed by atoms with Crippen LogP contribution in [0.2, 0.25) is 0 Å². The predicted molar refractivity (Wildman–Crippen MR) is 54.3 cm³/mol. The van der Waals surface area contributed by atoms with Crippen molar-refractivity contribution in [2.75, 3.05) is 0 Å². The molecule has 0 saturated heterocycles. The van der Waals surface area contributed by atoms with E-state index >= 15 is 0 Å². The average Bonchev–Trinajstić information content (AvgIpc) is 2.17. The molecule has 2 aromatic rings. The van der Waals surface area contributed by atoms with Crippen LogP contribution in [0.5, 0.6) is 5.75 Å². The molecule has 0 heterocycles. The van der Waals surface area contributed by atoms with Gasteiger partial charge in [-0.1, -0.05) is 18.2 Å². The first-order valence-corrected chi connectivity index (χ1v) is 5.54. The number of benzene rings is 2. The molecule has 0 spiro atoms. The Bertz CT molecular complexity index is 616. The third-order valence-corrected chi connectivity index (χ3v) is 2.96. The van der Waals surface area contributed by atoms with Crippen molar-refractivity contribution >= 4 is 20.9 Å². The van der Waals surface area contributed by atoms with Crippen LogP contribution in [0.4, 0.5) is 0 Å². The molecule has 1 radical (unpaired) electrons. The Labute approximate surface area is 86.5 Å². The fraction of sp³-hybridized carbons (Fsp3) is 0. The molecule has 2 aromatic carbocycles. The lowest BCUT2D eigenvalue weighted by Gasteiger charge is -2.04. The molecule has 15 heavy (non-hydrogen) atoms. The van der Waals surface area contributed by atoms with Crippen LogP contribution in [-0.4, -0.2) is 18.1 Å². The molecule has 4 nitrogen and oxygen atoms in total. The minimum atomic E-state index is -4.28. The molecule has 0 bridgehead atoms. The summed E-state index contributed by atoms with van der Waals surface area (Å²) in [7, 11) is -4.28. The summed E-state index contributed by atoms with van der Waals surface area (Å²) in [4.78, 5) is -0.229. The van der Waals surface area contributed by atoms with Gasteiger partial charge in [0.05, 0.1) is 0 Å². The van der Waals surface area contributed by atoms with E-state index in [0.717, 1.165) is 6.07 Å². The van der Waals surface area contributed by atoms with Crippen molar-refractivity contribution < 1.29 is 18.1 Å². The summed E-state index contributed by atoms with van der Waals surface area (Å²) in [5.41, 5.74) is 0. The third-order valence-electron chi connectivity index (χ3n) is 2.05. The Hall–Kier alpha value is -1.59. The van der Waals surface area contributed by atoms with Gasteiger partial charge in [0.25, 0.3) is 10.1 Å². The average molecular weight is 223 g/mol. The second-order valence-corrected chi connectivity index (χ2v) is 4.41. The lowest BCUT2D eigenvalue weighted by atomic mass is 10.1. The molecule has 2 N–H and O–H groups in total. The van der Waals surface area contributed by atoms with Gasteiger partial charge in [-0.15, -0.1) is 0 Å². The first-order valence-electron chi connectivity index (χ1n) is 4.10. The maximum atomic E-state index is 11.0. The highest BCUT2D eigenvalue weighted by atomic mass is 32.2. The van der Waals surface area contributed by atoms with Crippen molar-refractivity contribution in [3.05, 3.63) is 36.4 Å². The number of phenolic OH excluding ortho intramolecular Hbond substituents is 1. The van der Waals surface area contributed by atoms with E-state index in [1.54, 1.807) is 12.1 Å². The van der Waals surface area contributed by atoms with Crippen molar-refractivity contribution in [3.8, 4) is 5.75 Å². The summed E-state index contributed by atoms with van der Waals surface area (Å²) >= 11 is 0. The van der Waals surface area contributed by atoms with Crippen molar-refractivity contribution in [1.29, 1.82) is 0 Å². The fourth-order valence-electron chi connectivity index (χ4n) is 1.41. The van der Waals surface area contributed by atoms with Gasteiger partial charge in [0.2, 0.25) is 0 Å². The van der Waals surface area contributed by atoms with E-state index in [1.807, 2.05) is 0 Å². The Morgan fingerprint density at radius 3 is 2.60 bits per heavy atom. The molecule has 2 rings (SSSR count). The Kier molecular flexibility index (Phi) is 2.13.